The molecule has 0 heterocycles. The molecule has 13 nitrogen and oxygen atoms in total. The van der Waals surface area contributed by atoms with E-state index in [1.54, 1.807) is 12.1 Å². The van der Waals surface area contributed by atoms with Gasteiger partial charge in [-0.15, -0.1) is 0 Å². The molecule has 4 aliphatic rings. The lowest BCUT2D eigenvalue weighted by Crippen LogP contribution is -2.31. The van der Waals surface area contributed by atoms with Crippen LogP contribution < -0.4 is 14.2 Å². The fourth-order valence-electron chi connectivity index (χ4n) is 11.1. The number of rotatable bonds is 24. The second-order valence-corrected chi connectivity index (χ2v) is 19.7. The highest BCUT2D eigenvalue weighted by Gasteiger charge is 2.38. The fraction of sp³-hybridized carbons (Fsp3) is 0.643. The average Bonchev–Trinajstić information content (AvgIpc) is 3.38. The van der Waals surface area contributed by atoms with Gasteiger partial charge >= 0.3 is 35.8 Å². The highest BCUT2D eigenvalue weighted by molar-refractivity contribution is 6.00. The number of ether oxygens (including phenoxy) is 7. The van der Waals surface area contributed by atoms with Gasteiger partial charge in [0, 0.05) is 17.5 Å². The van der Waals surface area contributed by atoms with E-state index in [-0.39, 0.29) is 60.8 Å². The second-order valence-electron chi connectivity index (χ2n) is 19.7. The molecule has 4 fully saturated rings. The van der Waals surface area contributed by atoms with Crippen molar-refractivity contribution in [3.63, 3.8) is 0 Å². The van der Waals surface area contributed by atoms with Gasteiger partial charge < -0.3 is 33.2 Å². The van der Waals surface area contributed by atoms with Gasteiger partial charge in [-0.25, -0.2) is 9.59 Å². The molecule has 2 aromatic carbocycles. The number of fused-ring (bicyclic) bond motifs is 1. The van der Waals surface area contributed by atoms with E-state index in [9.17, 15) is 28.8 Å². The fourth-order valence-corrected chi connectivity index (χ4v) is 11.1. The van der Waals surface area contributed by atoms with Crippen molar-refractivity contribution >= 4 is 46.6 Å². The normalized spacial score (nSPS) is 24.8. The Kier molecular flexibility index (Phi) is 21.5. The van der Waals surface area contributed by atoms with E-state index in [1.807, 2.05) is 18.2 Å². The average molecular weight is 957 g/mol. The predicted molar refractivity (Wildman–Crippen MR) is 260 cm³/mol. The maximum absolute atomic E-state index is 13.9. The van der Waals surface area contributed by atoms with Crippen LogP contribution in [-0.2, 0) is 47.7 Å². The summed E-state index contributed by atoms with van der Waals surface area (Å²) in [4.78, 5) is 75.5. The number of carbonyl (C=O) groups is 6. The van der Waals surface area contributed by atoms with Crippen LogP contribution in [0.2, 0.25) is 0 Å². The zero-order valence-corrected chi connectivity index (χ0v) is 41.0. The molecule has 13 heteroatoms. The van der Waals surface area contributed by atoms with Crippen molar-refractivity contribution in [2.75, 3.05) is 33.0 Å². The van der Waals surface area contributed by atoms with Gasteiger partial charge in [0.1, 0.15) is 17.2 Å². The first-order chi connectivity index (χ1) is 33.6. The van der Waals surface area contributed by atoms with Gasteiger partial charge in [-0.3, -0.25) is 19.2 Å². The molecule has 0 spiro atoms. The minimum atomic E-state index is -0.449. The quantitative estimate of drug-likeness (QED) is 0.0321. The zero-order valence-electron chi connectivity index (χ0n) is 41.0. The summed E-state index contributed by atoms with van der Waals surface area (Å²) in [6.45, 7) is 10.6. The largest absolute Gasteiger partial charge is 0.493 e. The molecule has 0 aliphatic heterocycles. The summed E-state index contributed by atoms with van der Waals surface area (Å²) < 4.78 is 39.7. The minimum Gasteiger partial charge on any atom is -0.493 e. The summed E-state index contributed by atoms with van der Waals surface area (Å²) in [6.07, 6.45) is 20.6. The Balaban J connectivity index is 0.949. The molecule has 0 unspecified atom stereocenters. The number of hydrogen-bond acceptors (Lipinski definition) is 13. The smallest absolute Gasteiger partial charge is 0.330 e. The van der Waals surface area contributed by atoms with Gasteiger partial charge in [0.2, 0.25) is 0 Å². The topological polar surface area (TPSA) is 167 Å². The first-order valence-electron chi connectivity index (χ1n) is 26.1. The summed E-state index contributed by atoms with van der Waals surface area (Å²) >= 11 is 0. The molecule has 4 saturated carbocycles. The van der Waals surface area contributed by atoms with Crippen LogP contribution >= 0.6 is 0 Å². The Labute approximate surface area is 408 Å². The van der Waals surface area contributed by atoms with E-state index in [2.05, 4.69) is 20.1 Å². The summed E-state index contributed by atoms with van der Waals surface area (Å²) in [6, 6.07) is 9.12. The maximum Gasteiger partial charge on any atom is 0.330 e. The van der Waals surface area contributed by atoms with Gasteiger partial charge in [0.05, 0.1) is 62.1 Å². The second kappa shape index (κ2) is 27.9. The molecule has 378 valence electrons. The third-order valence-corrected chi connectivity index (χ3v) is 15.2. The highest BCUT2D eigenvalue weighted by Crippen LogP contribution is 2.45. The van der Waals surface area contributed by atoms with Crippen LogP contribution in [0.15, 0.2) is 55.6 Å². The van der Waals surface area contributed by atoms with Crippen LogP contribution in [0.4, 0.5) is 0 Å². The van der Waals surface area contributed by atoms with Crippen molar-refractivity contribution in [3.8, 4) is 17.2 Å². The number of carbonyl (C=O) groups excluding carboxylic acids is 6. The van der Waals surface area contributed by atoms with Gasteiger partial charge in [0.25, 0.3) is 0 Å². The summed E-state index contributed by atoms with van der Waals surface area (Å²) in [5.41, 5.74) is 0. The van der Waals surface area contributed by atoms with Gasteiger partial charge in [-0.2, -0.15) is 0 Å². The van der Waals surface area contributed by atoms with Crippen molar-refractivity contribution in [2.45, 2.75) is 148 Å². The van der Waals surface area contributed by atoms with E-state index in [0.29, 0.717) is 97.2 Å². The van der Waals surface area contributed by atoms with E-state index >= 15 is 0 Å². The molecule has 2 aromatic rings. The minimum absolute atomic E-state index is 0.0786. The van der Waals surface area contributed by atoms with Crippen molar-refractivity contribution < 1.29 is 61.9 Å². The standard InChI is InChI=1S/C56H76O13/c1-4-7-33-63-48-14-12-13-46-47(68-55(61)44-27-19-40(20-28-44)38-15-23-42(24-16-38)53(59)66-36-10-8-34-64-50(57)5-2)31-32-49(52(46)48)69-56(62)45-29-21-41(22-30-45)39-17-25-43(26-18-39)54(60)67-37-11-9-35-65-51(58)6-3/h5-6,12-14,31-32,38-45H,2-4,7-11,15-30,33-37H2,1H3. The number of unbranched alkanes of at least 4 members (excludes halogenated alkanes) is 3. The first kappa shape index (κ1) is 53.2. The lowest BCUT2D eigenvalue weighted by molar-refractivity contribution is -0.151. The Hall–Kier alpha value is -5.20. The molecule has 0 atom stereocenters. The highest BCUT2D eigenvalue weighted by atomic mass is 16.6. The monoisotopic (exact) mass is 957 g/mol. The Morgan fingerprint density at radius 3 is 1.23 bits per heavy atom. The lowest BCUT2D eigenvalue weighted by atomic mass is 9.69. The van der Waals surface area contributed by atoms with Crippen LogP contribution in [0.25, 0.3) is 10.8 Å². The van der Waals surface area contributed by atoms with Crippen molar-refractivity contribution in [3.05, 3.63) is 55.6 Å². The van der Waals surface area contributed by atoms with Crippen LogP contribution in [0.3, 0.4) is 0 Å². The van der Waals surface area contributed by atoms with Crippen molar-refractivity contribution in [1.82, 2.24) is 0 Å². The molecule has 0 bridgehead atoms. The molecule has 0 radical (unpaired) electrons. The predicted octanol–water partition coefficient (Wildman–Crippen LogP) is 11.2. The molecule has 69 heavy (non-hydrogen) atoms. The van der Waals surface area contributed by atoms with Gasteiger partial charge in [-0.1, -0.05) is 38.6 Å². The van der Waals surface area contributed by atoms with Gasteiger partial charge in [-0.05, 0) is 177 Å². The van der Waals surface area contributed by atoms with E-state index in [1.165, 1.54) is 0 Å². The number of benzene rings is 2. The van der Waals surface area contributed by atoms with Crippen LogP contribution in [-0.4, -0.2) is 68.9 Å². The zero-order chi connectivity index (χ0) is 49.0. The molecule has 0 saturated heterocycles. The van der Waals surface area contributed by atoms with Gasteiger partial charge in [0.15, 0.2) is 0 Å². The maximum atomic E-state index is 13.9. The Morgan fingerprint density at radius 2 is 0.826 bits per heavy atom. The number of esters is 6. The lowest BCUT2D eigenvalue weighted by Gasteiger charge is -2.36. The molecular formula is C56H76O13. The SMILES string of the molecule is C=CC(=O)OCCCCOC(=O)C1CCC(C2CCC(C(=O)Oc3ccc(OC(=O)C4CCC(C5CCC(C(=O)OCCCCOC(=O)C=C)CC5)CC4)c4c(OCCCC)cccc34)CC2)CC1. The third-order valence-electron chi connectivity index (χ3n) is 15.2. The molecule has 4 aliphatic carbocycles. The number of hydrogen-bond donors (Lipinski definition) is 0. The van der Waals surface area contributed by atoms with E-state index in [4.69, 9.17) is 33.2 Å². The molecule has 0 amide bonds. The van der Waals surface area contributed by atoms with Crippen molar-refractivity contribution in [1.29, 1.82) is 0 Å². The summed E-state index contributed by atoms with van der Waals surface area (Å²) in [5, 5.41) is 1.29. The first-order valence-corrected chi connectivity index (χ1v) is 26.1. The van der Waals surface area contributed by atoms with E-state index < -0.39 is 11.9 Å². The third kappa shape index (κ3) is 15.9. The molecule has 0 aromatic heterocycles. The molecule has 6 rings (SSSR count). The molecule has 0 N–H and O–H groups in total. The van der Waals surface area contributed by atoms with Crippen LogP contribution in [0.5, 0.6) is 17.2 Å². The molecular weight excluding hydrogens is 881 g/mol. The summed E-state index contributed by atoms with van der Waals surface area (Å²) in [7, 11) is 0. The Bertz CT molecular complexity index is 2030. The van der Waals surface area contributed by atoms with Crippen LogP contribution in [0, 0.1) is 47.3 Å². The van der Waals surface area contributed by atoms with E-state index in [0.717, 1.165) is 128 Å². The Morgan fingerprint density at radius 1 is 0.449 bits per heavy atom. The van der Waals surface area contributed by atoms with Crippen molar-refractivity contribution in [2.24, 2.45) is 47.3 Å². The summed E-state index contributed by atoms with van der Waals surface area (Å²) in [5.74, 6) is 1.23. The van der Waals surface area contributed by atoms with Crippen LogP contribution in [0.1, 0.15) is 148 Å².